The van der Waals surface area contributed by atoms with Crippen LogP contribution < -0.4 is 10.6 Å². The molecule has 9 heteroatoms. The lowest BCUT2D eigenvalue weighted by Gasteiger charge is -2.41. The summed E-state index contributed by atoms with van der Waals surface area (Å²) in [6, 6.07) is 3.87. The van der Waals surface area contributed by atoms with Crippen LogP contribution in [0, 0.1) is 0 Å². The molecule has 1 saturated heterocycles. The summed E-state index contributed by atoms with van der Waals surface area (Å²) in [5.74, 6) is -0.461. The Morgan fingerprint density at radius 1 is 1.18 bits per heavy atom. The number of amides is 1. The van der Waals surface area contributed by atoms with Crippen LogP contribution in [0.15, 0.2) is 23.8 Å². The first-order valence-electron chi connectivity index (χ1n) is 9.17. The van der Waals surface area contributed by atoms with Gasteiger partial charge in [-0.25, -0.2) is 0 Å². The second-order valence-corrected chi connectivity index (χ2v) is 6.99. The van der Waals surface area contributed by atoms with Crippen LogP contribution in [0.1, 0.15) is 19.4 Å². The van der Waals surface area contributed by atoms with Crippen molar-refractivity contribution in [2.45, 2.75) is 50.4 Å². The maximum absolute atomic E-state index is 12.5. The average molecular weight is 394 g/mol. The molecule has 1 saturated carbocycles. The molecule has 1 amide bonds. The summed E-state index contributed by atoms with van der Waals surface area (Å²) in [7, 11) is 0. The molecule has 1 aromatic rings. The van der Waals surface area contributed by atoms with Gasteiger partial charge in [0.05, 0.1) is 11.7 Å². The van der Waals surface area contributed by atoms with Crippen molar-refractivity contribution in [1.29, 1.82) is 0 Å². The average Bonchev–Trinajstić information content (AvgIpc) is 3.15. The highest BCUT2D eigenvalue weighted by Crippen LogP contribution is 2.30. The molecule has 3 rings (SSSR count). The third kappa shape index (κ3) is 3.98. The van der Waals surface area contributed by atoms with Crippen molar-refractivity contribution < 1.29 is 34.7 Å². The number of carbonyl (C=O) groups excluding carboxylic acids is 1. The molecule has 1 aliphatic heterocycles. The Morgan fingerprint density at radius 2 is 1.86 bits per heavy atom. The molecule has 9 nitrogen and oxygen atoms in total. The van der Waals surface area contributed by atoms with Crippen molar-refractivity contribution in [3.63, 3.8) is 0 Å². The minimum atomic E-state index is -1.40. The van der Waals surface area contributed by atoms with E-state index < -0.39 is 42.5 Å². The maximum Gasteiger partial charge on any atom is 0.247 e. The zero-order valence-electron chi connectivity index (χ0n) is 15.7. The molecule has 28 heavy (non-hydrogen) atoms. The zero-order chi connectivity index (χ0) is 20.4. The summed E-state index contributed by atoms with van der Waals surface area (Å²) < 4.78 is 10.4. The molecule has 1 heterocycles. The molecule has 0 aromatic heterocycles. The summed E-state index contributed by atoms with van der Waals surface area (Å²) in [4.78, 5) is 12.5. The van der Waals surface area contributed by atoms with Gasteiger partial charge in [0.1, 0.15) is 43.1 Å². The van der Waals surface area contributed by atoms with Gasteiger partial charge in [-0.1, -0.05) is 6.07 Å². The fraction of sp³-hybridized carbons (Fsp3) is 0.526. The Kier molecular flexibility index (Phi) is 6.21. The van der Waals surface area contributed by atoms with E-state index in [2.05, 4.69) is 10.6 Å². The van der Waals surface area contributed by atoms with Gasteiger partial charge in [-0.2, -0.15) is 0 Å². The van der Waals surface area contributed by atoms with Gasteiger partial charge in [0.25, 0.3) is 0 Å². The second-order valence-electron chi connectivity index (χ2n) is 6.99. The number of hydrogen-bond acceptors (Lipinski definition) is 8. The van der Waals surface area contributed by atoms with Gasteiger partial charge >= 0.3 is 0 Å². The van der Waals surface area contributed by atoms with E-state index >= 15 is 0 Å². The number of anilines is 1. The lowest BCUT2D eigenvalue weighted by atomic mass is 9.83. The van der Waals surface area contributed by atoms with Gasteiger partial charge in [-0.3, -0.25) is 4.79 Å². The first-order valence-corrected chi connectivity index (χ1v) is 9.17. The van der Waals surface area contributed by atoms with Crippen LogP contribution in [-0.4, -0.2) is 76.2 Å². The van der Waals surface area contributed by atoms with E-state index in [0.29, 0.717) is 23.4 Å². The van der Waals surface area contributed by atoms with Crippen LogP contribution in [0.3, 0.4) is 0 Å². The van der Waals surface area contributed by atoms with E-state index in [1.807, 2.05) is 6.92 Å². The minimum Gasteiger partial charge on any atom is -0.506 e. The van der Waals surface area contributed by atoms with E-state index in [1.165, 1.54) is 6.07 Å². The fourth-order valence-corrected chi connectivity index (χ4v) is 3.51. The zero-order valence-corrected chi connectivity index (χ0v) is 15.7. The van der Waals surface area contributed by atoms with Crippen molar-refractivity contribution in [3.8, 4) is 5.75 Å². The monoisotopic (exact) mass is 394 g/mol. The Morgan fingerprint density at radius 3 is 2.50 bits per heavy atom. The molecule has 1 aromatic carbocycles. The van der Waals surface area contributed by atoms with E-state index in [1.54, 1.807) is 25.1 Å². The fourth-order valence-electron chi connectivity index (χ4n) is 3.51. The molecule has 2 aliphatic rings. The third-order valence-corrected chi connectivity index (χ3v) is 5.03. The Bertz CT molecular complexity index is 754. The summed E-state index contributed by atoms with van der Waals surface area (Å²) >= 11 is 0. The third-order valence-electron chi connectivity index (χ3n) is 5.03. The van der Waals surface area contributed by atoms with E-state index in [0.717, 1.165) is 0 Å². The number of fused-ring (bicyclic) bond motifs is 1. The second kappa shape index (κ2) is 8.46. The molecule has 0 radical (unpaired) electrons. The predicted octanol–water partition coefficient (Wildman–Crippen LogP) is -0.450. The number of carbonyl (C=O) groups is 1. The molecule has 6 N–H and O–H groups in total. The van der Waals surface area contributed by atoms with Crippen molar-refractivity contribution >= 4 is 17.7 Å². The van der Waals surface area contributed by atoms with E-state index in [4.69, 9.17) is 9.47 Å². The van der Waals surface area contributed by atoms with Crippen molar-refractivity contribution in [2.75, 3.05) is 18.7 Å². The minimum absolute atomic E-state index is 0.0643. The van der Waals surface area contributed by atoms with Crippen molar-refractivity contribution in [1.82, 2.24) is 5.32 Å². The predicted molar refractivity (Wildman–Crippen MR) is 100 cm³/mol. The molecule has 6 atom stereocenters. The number of benzene rings is 1. The topological polar surface area (TPSA) is 141 Å². The van der Waals surface area contributed by atoms with Gasteiger partial charge in [0.15, 0.2) is 0 Å². The number of aliphatic hydroxyl groups excluding tert-OH is 3. The van der Waals surface area contributed by atoms with E-state index in [9.17, 15) is 25.2 Å². The molecule has 1 aliphatic carbocycles. The molecule has 154 valence electrons. The normalized spacial score (nSPS) is 32.7. The van der Waals surface area contributed by atoms with Crippen LogP contribution in [0.2, 0.25) is 0 Å². The number of rotatable bonds is 5. The maximum atomic E-state index is 12.5. The standard InChI is InChI=1S/C19H26N2O7/c1-3-20-11-5-4-10(7-12(11)22)6-9(2)19(26)21-13-14(23)16(25)18-17(15(13)24)27-8-28-18/h4-7,13-18,20,22-25H,3,8H2,1-2H3,(H,21,26)/b9-6+/t13-,14+,15-,16-,17+,18-/m1/s1. The molecule has 2 fully saturated rings. The summed E-state index contributed by atoms with van der Waals surface area (Å²) in [5.41, 5.74) is 1.51. The SMILES string of the molecule is CCNc1ccc(/C=C(\C)C(=O)N[C@@H]2[C@H](O)[C@@H](O)[C@H]3OCO[C@H]3[C@@H]2O)cc1O. The lowest BCUT2D eigenvalue weighted by molar-refractivity contribution is -0.155. The highest BCUT2D eigenvalue weighted by molar-refractivity contribution is 5.97. The van der Waals surface area contributed by atoms with Gasteiger partial charge < -0.3 is 40.5 Å². The Hall–Kier alpha value is -2.17. The van der Waals surface area contributed by atoms with Crippen LogP contribution in [0.5, 0.6) is 5.75 Å². The molecule has 0 bridgehead atoms. The molecular weight excluding hydrogens is 368 g/mol. The van der Waals surface area contributed by atoms with E-state index in [-0.39, 0.29) is 12.5 Å². The molecule has 0 spiro atoms. The molecular formula is C19H26N2O7. The molecule has 0 unspecified atom stereocenters. The number of hydrogen-bond donors (Lipinski definition) is 6. The number of aromatic hydroxyl groups is 1. The van der Waals surface area contributed by atoms with Gasteiger partial charge in [-0.15, -0.1) is 0 Å². The lowest BCUT2D eigenvalue weighted by Crippen LogP contribution is -2.67. The smallest absolute Gasteiger partial charge is 0.247 e. The number of ether oxygens (including phenoxy) is 2. The van der Waals surface area contributed by atoms with Gasteiger partial charge in [0.2, 0.25) is 5.91 Å². The Balaban J connectivity index is 1.71. The summed E-state index contributed by atoms with van der Waals surface area (Å²) in [6.07, 6.45) is -4.03. The highest BCUT2D eigenvalue weighted by atomic mass is 16.7. The van der Waals surface area contributed by atoms with Crippen LogP contribution in [0.25, 0.3) is 6.08 Å². The summed E-state index contributed by atoms with van der Waals surface area (Å²) in [6.45, 7) is 4.05. The van der Waals surface area contributed by atoms with Gasteiger partial charge in [0, 0.05) is 12.1 Å². The summed E-state index contributed by atoms with van der Waals surface area (Å²) in [5, 5.41) is 46.4. The quantitative estimate of drug-likeness (QED) is 0.291. The Labute approximate surface area is 162 Å². The number of aliphatic hydroxyl groups is 3. The van der Waals surface area contributed by atoms with Crippen LogP contribution in [0.4, 0.5) is 5.69 Å². The van der Waals surface area contributed by atoms with Crippen LogP contribution in [-0.2, 0) is 14.3 Å². The number of phenols is 1. The van der Waals surface area contributed by atoms with Gasteiger partial charge in [-0.05, 0) is 37.6 Å². The largest absolute Gasteiger partial charge is 0.506 e. The number of nitrogens with one attached hydrogen (secondary N) is 2. The first-order chi connectivity index (χ1) is 13.3. The highest BCUT2D eigenvalue weighted by Gasteiger charge is 2.53. The first kappa shape index (κ1) is 20.6. The van der Waals surface area contributed by atoms with Crippen LogP contribution >= 0.6 is 0 Å². The van der Waals surface area contributed by atoms with Crippen molar-refractivity contribution in [3.05, 3.63) is 29.3 Å². The number of phenolic OH excluding ortho intramolecular Hbond substituents is 1. The van der Waals surface area contributed by atoms with Crippen molar-refractivity contribution in [2.24, 2.45) is 0 Å².